The Morgan fingerprint density at radius 3 is 2.68 bits per heavy atom. The normalized spacial score (nSPS) is 23.5. The van der Waals surface area contributed by atoms with E-state index in [0.717, 1.165) is 24.4 Å². The minimum absolute atomic E-state index is 0.279. The molecule has 100 valence electrons. The van der Waals surface area contributed by atoms with E-state index in [0.29, 0.717) is 23.4 Å². The maximum absolute atomic E-state index is 10.1. The van der Waals surface area contributed by atoms with Crippen LogP contribution in [0.2, 0.25) is 0 Å². The van der Waals surface area contributed by atoms with Gasteiger partial charge in [0.25, 0.3) is 0 Å². The molecule has 1 unspecified atom stereocenters. The molecule has 1 aromatic rings. The summed E-state index contributed by atoms with van der Waals surface area (Å²) in [6, 6.07) is 4.11. The van der Waals surface area contributed by atoms with Crippen LogP contribution in [0.15, 0.2) is 0 Å². The molecular weight excluding hydrogens is 260 g/mol. The maximum atomic E-state index is 10.1. The van der Waals surface area contributed by atoms with Crippen LogP contribution in [0.5, 0.6) is 0 Å². The van der Waals surface area contributed by atoms with Gasteiger partial charge in [-0.1, -0.05) is 0 Å². The van der Waals surface area contributed by atoms with Crippen molar-refractivity contribution in [3.8, 4) is 12.1 Å². The Morgan fingerprint density at radius 1 is 1.32 bits per heavy atom. The Kier molecular flexibility index (Phi) is 3.66. The van der Waals surface area contributed by atoms with E-state index in [-0.39, 0.29) is 5.69 Å². The lowest BCUT2D eigenvalue weighted by atomic mass is 9.98. The molecule has 0 saturated carbocycles. The highest BCUT2D eigenvalue weighted by Crippen LogP contribution is 2.38. The molecule has 1 fully saturated rings. The highest BCUT2D eigenvalue weighted by molar-refractivity contribution is 7.17. The van der Waals surface area contributed by atoms with E-state index < -0.39 is 5.60 Å². The van der Waals surface area contributed by atoms with Gasteiger partial charge in [0.1, 0.15) is 27.6 Å². The minimum Gasteiger partial charge on any atom is -0.396 e. The molecule has 0 radical (unpaired) electrons. The van der Waals surface area contributed by atoms with E-state index >= 15 is 0 Å². The molecule has 19 heavy (non-hydrogen) atoms. The quantitative estimate of drug-likeness (QED) is 0.815. The van der Waals surface area contributed by atoms with Gasteiger partial charge in [0.05, 0.1) is 11.3 Å². The van der Waals surface area contributed by atoms with Crippen molar-refractivity contribution in [1.29, 1.82) is 10.5 Å². The summed E-state index contributed by atoms with van der Waals surface area (Å²) in [6.45, 7) is 3.29. The van der Waals surface area contributed by atoms with Crippen molar-refractivity contribution in [2.45, 2.75) is 31.8 Å². The highest BCUT2D eigenvalue weighted by Gasteiger charge is 2.28. The zero-order chi connectivity index (χ0) is 14.0. The average Bonchev–Trinajstić information content (AvgIpc) is 2.57. The topological polar surface area (TPSA) is 97.1 Å². The highest BCUT2D eigenvalue weighted by atomic mass is 32.1. The van der Waals surface area contributed by atoms with Crippen molar-refractivity contribution >= 4 is 22.0 Å². The summed E-state index contributed by atoms with van der Waals surface area (Å²) in [5.41, 5.74) is 5.83. The lowest BCUT2D eigenvalue weighted by Gasteiger charge is -2.23. The summed E-state index contributed by atoms with van der Waals surface area (Å²) in [5.74, 6) is 0. The third-order valence-electron chi connectivity index (χ3n) is 3.49. The number of anilines is 2. The van der Waals surface area contributed by atoms with Gasteiger partial charge in [-0.15, -0.1) is 11.3 Å². The molecule has 1 saturated heterocycles. The van der Waals surface area contributed by atoms with Crippen LogP contribution in [-0.2, 0) is 0 Å². The SMILES string of the molecule is CC1(O)CCCN(c2sc(C#N)c(N)c2C#N)CC1. The Labute approximate surface area is 116 Å². The van der Waals surface area contributed by atoms with Crippen molar-refractivity contribution in [3.63, 3.8) is 0 Å². The first kappa shape index (κ1) is 13.7. The Morgan fingerprint density at radius 2 is 2.05 bits per heavy atom. The molecule has 2 rings (SSSR count). The van der Waals surface area contributed by atoms with Crippen molar-refractivity contribution in [3.05, 3.63) is 10.4 Å². The van der Waals surface area contributed by atoms with Crippen molar-refractivity contribution in [1.82, 2.24) is 0 Å². The number of nitrogens with zero attached hydrogens (tertiary/aromatic N) is 3. The van der Waals surface area contributed by atoms with E-state index in [1.54, 1.807) is 0 Å². The molecule has 1 aliphatic heterocycles. The van der Waals surface area contributed by atoms with Crippen molar-refractivity contribution in [2.75, 3.05) is 23.7 Å². The van der Waals surface area contributed by atoms with Gasteiger partial charge >= 0.3 is 0 Å². The lowest BCUT2D eigenvalue weighted by molar-refractivity contribution is 0.0481. The fourth-order valence-corrected chi connectivity index (χ4v) is 3.33. The van der Waals surface area contributed by atoms with Crippen LogP contribution in [0.3, 0.4) is 0 Å². The van der Waals surface area contributed by atoms with Gasteiger partial charge in [-0.25, -0.2) is 0 Å². The molecule has 1 atom stereocenters. The molecule has 0 aromatic carbocycles. The van der Waals surface area contributed by atoms with Crippen LogP contribution in [0.25, 0.3) is 0 Å². The summed E-state index contributed by atoms with van der Waals surface area (Å²) in [7, 11) is 0. The fourth-order valence-electron chi connectivity index (χ4n) is 2.31. The van der Waals surface area contributed by atoms with Gasteiger partial charge < -0.3 is 15.7 Å². The average molecular weight is 276 g/mol. The van der Waals surface area contributed by atoms with E-state index in [1.165, 1.54) is 11.3 Å². The largest absolute Gasteiger partial charge is 0.396 e. The number of hydrogen-bond acceptors (Lipinski definition) is 6. The summed E-state index contributed by atoms with van der Waals surface area (Å²) in [4.78, 5) is 2.45. The number of nitrogen functional groups attached to an aromatic ring is 1. The Balaban J connectivity index is 2.33. The maximum Gasteiger partial charge on any atom is 0.131 e. The van der Waals surface area contributed by atoms with Gasteiger partial charge in [-0.2, -0.15) is 10.5 Å². The molecule has 5 nitrogen and oxygen atoms in total. The Bertz CT molecular complexity index is 564. The first-order valence-corrected chi connectivity index (χ1v) is 7.00. The second kappa shape index (κ2) is 5.08. The lowest BCUT2D eigenvalue weighted by Crippen LogP contribution is -2.28. The predicted molar refractivity (Wildman–Crippen MR) is 74.8 cm³/mol. The molecule has 2 heterocycles. The number of nitriles is 2. The smallest absolute Gasteiger partial charge is 0.131 e. The van der Waals surface area contributed by atoms with Crippen LogP contribution >= 0.6 is 11.3 Å². The number of rotatable bonds is 1. The Hall–Kier alpha value is -1.76. The fraction of sp³-hybridized carbons (Fsp3) is 0.538. The molecule has 1 aliphatic rings. The number of thiophene rings is 1. The summed E-state index contributed by atoms with van der Waals surface area (Å²) < 4.78 is 0. The molecule has 3 N–H and O–H groups in total. The monoisotopic (exact) mass is 276 g/mol. The molecule has 6 heteroatoms. The van der Waals surface area contributed by atoms with E-state index in [2.05, 4.69) is 11.0 Å². The van der Waals surface area contributed by atoms with E-state index in [1.807, 2.05) is 13.0 Å². The van der Waals surface area contributed by atoms with E-state index in [4.69, 9.17) is 11.0 Å². The second-order valence-electron chi connectivity index (χ2n) is 5.09. The number of hydrogen-bond donors (Lipinski definition) is 2. The zero-order valence-corrected chi connectivity index (χ0v) is 11.6. The van der Waals surface area contributed by atoms with Crippen LogP contribution in [0, 0.1) is 22.7 Å². The summed E-state index contributed by atoms with van der Waals surface area (Å²) >= 11 is 1.26. The van der Waals surface area contributed by atoms with Crippen LogP contribution in [0.1, 0.15) is 36.6 Å². The predicted octanol–water partition coefficient (Wildman–Crippen LogP) is 1.81. The van der Waals surface area contributed by atoms with Crippen molar-refractivity contribution in [2.24, 2.45) is 0 Å². The molecule has 0 spiro atoms. The van der Waals surface area contributed by atoms with Gasteiger partial charge in [0.15, 0.2) is 0 Å². The van der Waals surface area contributed by atoms with Gasteiger partial charge in [0.2, 0.25) is 0 Å². The van der Waals surface area contributed by atoms with Crippen LogP contribution in [-0.4, -0.2) is 23.8 Å². The molecule has 0 amide bonds. The van der Waals surface area contributed by atoms with Crippen LogP contribution in [0.4, 0.5) is 10.7 Å². The molecule has 0 aliphatic carbocycles. The van der Waals surface area contributed by atoms with E-state index in [9.17, 15) is 10.4 Å². The number of aliphatic hydroxyl groups is 1. The molecule has 0 bridgehead atoms. The standard InChI is InChI=1S/C13H16N4OS/c1-13(18)3-2-5-17(6-4-13)12-9(7-14)11(16)10(8-15)19-12/h18H,2-6,16H2,1H3. The van der Waals surface area contributed by atoms with Gasteiger partial charge in [0, 0.05) is 13.1 Å². The van der Waals surface area contributed by atoms with Gasteiger partial charge in [-0.3, -0.25) is 0 Å². The first-order valence-electron chi connectivity index (χ1n) is 6.18. The number of nitrogens with two attached hydrogens (primary N) is 1. The third-order valence-corrected chi connectivity index (χ3v) is 4.66. The minimum atomic E-state index is -0.650. The summed E-state index contributed by atoms with van der Waals surface area (Å²) in [6.07, 6.45) is 2.26. The second-order valence-corrected chi connectivity index (χ2v) is 6.09. The molecular formula is C13H16N4OS. The third kappa shape index (κ3) is 2.65. The van der Waals surface area contributed by atoms with Crippen LogP contribution < -0.4 is 10.6 Å². The first-order chi connectivity index (χ1) is 8.98. The van der Waals surface area contributed by atoms with Crippen molar-refractivity contribution < 1.29 is 5.11 Å². The zero-order valence-electron chi connectivity index (χ0n) is 10.8. The molecule has 1 aromatic heterocycles. The van der Waals surface area contributed by atoms with Gasteiger partial charge in [-0.05, 0) is 26.2 Å². The summed E-state index contributed by atoms with van der Waals surface area (Å²) in [5, 5.41) is 29.0.